The molecule has 37 heavy (non-hydrogen) atoms. The Morgan fingerprint density at radius 1 is 1.27 bits per heavy atom. The van der Waals surface area contributed by atoms with E-state index in [1.807, 2.05) is 6.07 Å². The van der Waals surface area contributed by atoms with E-state index in [0.29, 0.717) is 25.4 Å². The third-order valence-corrected chi connectivity index (χ3v) is 7.94. The van der Waals surface area contributed by atoms with Crippen molar-refractivity contribution in [3.05, 3.63) is 45.7 Å². The molecule has 1 aliphatic rings. The van der Waals surface area contributed by atoms with Gasteiger partial charge < -0.3 is 19.7 Å². The van der Waals surface area contributed by atoms with Crippen LogP contribution in [-0.4, -0.2) is 73.1 Å². The first-order valence-electron chi connectivity index (χ1n) is 11.9. The van der Waals surface area contributed by atoms with E-state index in [1.54, 1.807) is 6.92 Å². The molecule has 12 nitrogen and oxygen atoms in total. The molecule has 0 saturated carbocycles. The number of aliphatic hydroxyl groups is 1. The molecule has 0 aliphatic carbocycles. The molecule has 2 N–H and O–H groups in total. The summed E-state index contributed by atoms with van der Waals surface area (Å²) in [6.45, 7) is 4.32. The van der Waals surface area contributed by atoms with Gasteiger partial charge in [0.1, 0.15) is 11.6 Å². The lowest BCUT2D eigenvalue weighted by Gasteiger charge is -2.23. The van der Waals surface area contributed by atoms with Gasteiger partial charge in [-0.25, -0.2) is 8.42 Å². The van der Waals surface area contributed by atoms with Crippen LogP contribution in [0.5, 0.6) is 5.88 Å². The first-order valence-corrected chi connectivity index (χ1v) is 13.4. The molecule has 1 unspecified atom stereocenters. The number of rotatable bonds is 12. The number of likely N-dealkylation sites (N-methyl/N-ethyl adjacent to an activating group) is 1. The maximum atomic E-state index is 13.1. The third kappa shape index (κ3) is 6.60. The van der Waals surface area contributed by atoms with E-state index in [9.17, 15) is 23.6 Å². The molecule has 2 heterocycles. The predicted molar refractivity (Wildman–Crippen MR) is 134 cm³/mol. The molecule has 3 rings (SSSR count). The Balaban J connectivity index is 1.84. The minimum absolute atomic E-state index is 0.0239. The van der Waals surface area contributed by atoms with E-state index < -0.39 is 21.5 Å². The van der Waals surface area contributed by atoms with Gasteiger partial charge in [-0.1, -0.05) is 6.92 Å². The third-order valence-electron chi connectivity index (χ3n) is 5.99. The summed E-state index contributed by atoms with van der Waals surface area (Å²) in [5.74, 6) is -0.505. The van der Waals surface area contributed by atoms with Crippen LogP contribution in [0, 0.1) is 18.3 Å². The summed E-state index contributed by atoms with van der Waals surface area (Å²) in [7, 11) is -3.73. The zero-order chi connectivity index (χ0) is 27.0. The van der Waals surface area contributed by atoms with Crippen LogP contribution in [0.1, 0.15) is 30.9 Å². The lowest BCUT2D eigenvalue weighted by atomic mass is 10.1. The molecule has 13 heteroatoms. The molecule has 1 saturated heterocycles. The van der Waals surface area contributed by atoms with Gasteiger partial charge in [0, 0.05) is 25.3 Å². The van der Waals surface area contributed by atoms with Crippen molar-refractivity contribution in [2.45, 2.75) is 44.2 Å². The van der Waals surface area contributed by atoms with Gasteiger partial charge in [-0.2, -0.15) is 14.7 Å². The van der Waals surface area contributed by atoms with Gasteiger partial charge in [-0.15, -0.1) is 5.11 Å². The number of nitriles is 1. The monoisotopic (exact) mass is 533 g/mol. The van der Waals surface area contributed by atoms with Crippen LogP contribution in [-0.2, 0) is 26.0 Å². The van der Waals surface area contributed by atoms with Gasteiger partial charge in [-0.3, -0.25) is 9.36 Å². The van der Waals surface area contributed by atoms with E-state index in [4.69, 9.17) is 14.6 Å². The fourth-order valence-electron chi connectivity index (χ4n) is 3.94. The van der Waals surface area contributed by atoms with Crippen molar-refractivity contribution in [1.29, 1.82) is 5.26 Å². The average molecular weight is 534 g/mol. The summed E-state index contributed by atoms with van der Waals surface area (Å²) in [4.78, 5) is 13.0. The molecule has 1 atom stereocenters. The number of sulfonamides is 1. The van der Waals surface area contributed by atoms with Crippen molar-refractivity contribution in [3.63, 3.8) is 0 Å². The van der Waals surface area contributed by atoms with Gasteiger partial charge in [0.05, 0.1) is 43.1 Å². The Morgan fingerprint density at radius 3 is 2.59 bits per heavy atom. The molecule has 0 spiro atoms. The molecule has 200 valence electrons. The van der Waals surface area contributed by atoms with Crippen molar-refractivity contribution < 1.29 is 28.1 Å². The molecular weight excluding hydrogens is 502 g/mol. The molecule has 0 amide bonds. The Morgan fingerprint density at radius 2 is 2.00 bits per heavy atom. The Bertz CT molecular complexity index is 1310. The molecule has 0 bridgehead atoms. The molecule has 2 aromatic rings. The largest absolute Gasteiger partial charge is 0.493 e. The number of aromatic nitrogens is 1. The minimum Gasteiger partial charge on any atom is -0.493 e. The quantitative estimate of drug-likeness (QED) is 0.310. The lowest BCUT2D eigenvalue weighted by Crippen LogP contribution is -2.37. The normalized spacial score (nSPS) is 16.0. The van der Waals surface area contributed by atoms with Crippen LogP contribution in [0.2, 0.25) is 0 Å². The number of nitrogens with zero attached hydrogens (tertiary/aromatic N) is 5. The number of azo groups is 1. The molecule has 1 aromatic heterocycles. The second-order valence-electron chi connectivity index (χ2n) is 8.36. The fourth-order valence-corrected chi connectivity index (χ4v) is 5.42. The van der Waals surface area contributed by atoms with E-state index in [0.717, 1.165) is 17.4 Å². The van der Waals surface area contributed by atoms with Gasteiger partial charge in [0.25, 0.3) is 5.56 Å². The summed E-state index contributed by atoms with van der Waals surface area (Å²) in [6.07, 6.45) is 1.63. The number of aliphatic hydroxyl groups excluding tert-OH is 1. The Kier molecular flexibility index (Phi) is 9.90. The highest BCUT2D eigenvalue weighted by Crippen LogP contribution is 2.28. The van der Waals surface area contributed by atoms with Crippen molar-refractivity contribution in [2.75, 3.05) is 39.5 Å². The topological polar surface area (TPSA) is 167 Å². The number of pyridine rings is 1. The van der Waals surface area contributed by atoms with E-state index >= 15 is 0 Å². The number of ether oxygens (including phenoxy) is 2. The van der Waals surface area contributed by atoms with Gasteiger partial charge in [0.15, 0.2) is 5.69 Å². The van der Waals surface area contributed by atoms with Crippen molar-refractivity contribution in [2.24, 2.45) is 10.2 Å². The van der Waals surface area contributed by atoms with Crippen molar-refractivity contribution >= 4 is 21.4 Å². The number of aromatic hydroxyl groups is 1. The van der Waals surface area contributed by atoms with Gasteiger partial charge >= 0.3 is 0 Å². The molecular formula is C24H31N5O7S. The zero-order valence-electron chi connectivity index (χ0n) is 20.8. The van der Waals surface area contributed by atoms with Crippen molar-refractivity contribution in [1.82, 2.24) is 8.87 Å². The lowest BCUT2D eigenvalue weighted by molar-refractivity contribution is 0.0854. The number of hydrogen-bond donors (Lipinski definition) is 2. The van der Waals surface area contributed by atoms with Crippen molar-refractivity contribution in [3.8, 4) is 11.9 Å². The zero-order valence-corrected chi connectivity index (χ0v) is 21.6. The Labute approximate surface area is 215 Å². The summed E-state index contributed by atoms with van der Waals surface area (Å²) in [5, 5.41) is 36.7. The first-order chi connectivity index (χ1) is 17.7. The molecule has 1 fully saturated rings. The second-order valence-corrected chi connectivity index (χ2v) is 10.3. The van der Waals surface area contributed by atoms with E-state index in [-0.39, 0.29) is 54.2 Å². The smallest absolute Gasteiger partial charge is 0.281 e. The van der Waals surface area contributed by atoms with E-state index in [2.05, 4.69) is 10.2 Å². The van der Waals surface area contributed by atoms with Crippen LogP contribution in [0.3, 0.4) is 0 Å². The highest BCUT2D eigenvalue weighted by atomic mass is 32.2. The summed E-state index contributed by atoms with van der Waals surface area (Å²) in [5.41, 5.74) is -0.472. The summed E-state index contributed by atoms with van der Waals surface area (Å²) >= 11 is 0. The number of benzene rings is 1. The van der Waals surface area contributed by atoms with Crippen LogP contribution in [0.25, 0.3) is 0 Å². The van der Waals surface area contributed by atoms with Crippen LogP contribution in [0.4, 0.5) is 11.4 Å². The highest BCUT2D eigenvalue weighted by molar-refractivity contribution is 7.89. The highest BCUT2D eigenvalue weighted by Gasteiger charge is 2.28. The van der Waals surface area contributed by atoms with Gasteiger partial charge in [-0.05, 0) is 44.0 Å². The maximum Gasteiger partial charge on any atom is 0.281 e. The SMILES string of the molecule is CCN(CC1CCCO1)S(=O)(=O)c1ccc(N=Nc2c(C)c(C#N)c(O)n(CCOCCO)c2=O)cc1. The fraction of sp³-hybridized carbons (Fsp3) is 0.500. The average Bonchev–Trinajstić information content (AvgIpc) is 3.40. The first kappa shape index (κ1) is 28.4. The van der Waals surface area contributed by atoms with Crippen LogP contribution in [0.15, 0.2) is 44.2 Å². The van der Waals surface area contributed by atoms with Crippen LogP contribution >= 0.6 is 0 Å². The molecule has 0 radical (unpaired) electrons. The Hall–Kier alpha value is -3.15. The predicted octanol–water partition coefficient (Wildman–Crippen LogP) is 2.35. The molecule has 1 aromatic carbocycles. The maximum absolute atomic E-state index is 13.1. The standard InChI is InChI=1S/C24H31N5O7S/c1-3-28(16-19-5-4-12-36-19)37(33,34)20-8-6-18(7-9-20)26-27-22-17(2)21(15-25)23(31)29(24(22)32)10-13-35-14-11-30/h6-9,19,30-31H,3-5,10-14,16H2,1-2H3. The minimum atomic E-state index is -3.73. The summed E-state index contributed by atoms with van der Waals surface area (Å²) in [6, 6.07) is 7.65. The summed E-state index contributed by atoms with van der Waals surface area (Å²) < 4.78 is 39.3. The number of hydrogen-bond acceptors (Lipinski definition) is 10. The van der Waals surface area contributed by atoms with Crippen LogP contribution < -0.4 is 5.56 Å². The molecule has 1 aliphatic heterocycles. The second kappa shape index (κ2) is 12.9. The van der Waals surface area contributed by atoms with Gasteiger partial charge in [0.2, 0.25) is 15.9 Å². The van der Waals surface area contributed by atoms with E-state index in [1.165, 1.54) is 35.5 Å².